The smallest absolute Gasteiger partial charge is 0.0159 e. The van der Waals surface area contributed by atoms with E-state index in [0.717, 1.165) is 0 Å². The molecule has 0 heterocycles. The molecule has 0 bridgehead atoms. The summed E-state index contributed by atoms with van der Waals surface area (Å²) in [7, 11) is 0. The van der Waals surface area contributed by atoms with Gasteiger partial charge in [0.1, 0.15) is 0 Å². The third-order valence-electron chi connectivity index (χ3n) is 16.3. The molecule has 67 heavy (non-hydrogen) atoms. The van der Waals surface area contributed by atoms with Crippen LogP contribution in [0.3, 0.4) is 0 Å². The van der Waals surface area contributed by atoms with Crippen molar-refractivity contribution in [1.29, 1.82) is 0 Å². The van der Waals surface area contributed by atoms with Gasteiger partial charge in [-0.05, 0) is 306 Å². The van der Waals surface area contributed by atoms with E-state index < -0.39 is 0 Å². The molecule has 0 fully saturated rings. The molecule has 0 N–H and O–H groups in total. The average molecular weight is 859 g/mol. The van der Waals surface area contributed by atoms with E-state index in [1.165, 1.54) is 177 Å². The van der Waals surface area contributed by atoms with Gasteiger partial charge in [0.05, 0.1) is 0 Å². The molecule has 3 aliphatic rings. The van der Waals surface area contributed by atoms with Gasteiger partial charge in [0.15, 0.2) is 0 Å². The lowest BCUT2D eigenvalue weighted by Gasteiger charge is -2.23. The van der Waals surface area contributed by atoms with Crippen molar-refractivity contribution >= 4 is 21.5 Å². The van der Waals surface area contributed by atoms with Crippen LogP contribution in [0.4, 0.5) is 0 Å². The fourth-order valence-corrected chi connectivity index (χ4v) is 13.3. The summed E-state index contributed by atoms with van der Waals surface area (Å²) < 4.78 is 0. The fraction of sp³-hybridized carbons (Fsp3) is 0.164. The summed E-state index contributed by atoms with van der Waals surface area (Å²) >= 11 is 0. The molecular formula is C67H54. The third-order valence-corrected chi connectivity index (χ3v) is 16.3. The van der Waals surface area contributed by atoms with Gasteiger partial charge in [-0.1, -0.05) is 86.6 Å². The molecule has 0 heteroatoms. The van der Waals surface area contributed by atoms with Crippen LogP contribution in [0.25, 0.3) is 122 Å². The van der Waals surface area contributed by atoms with E-state index >= 15 is 0 Å². The van der Waals surface area contributed by atoms with E-state index in [4.69, 9.17) is 0 Å². The van der Waals surface area contributed by atoms with Gasteiger partial charge in [-0.15, -0.1) is 0 Å². The van der Waals surface area contributed by atoms with Crippen molar-refractivity contribution in [3.8, 4) is 100 Å². The SMILES string of the molecule is Cc1cccc(C)c1-c1cc2c3c(cc(-c4c(C)cccc4C)cc3c1)-c1cc3c(cc1-2)-c1cc2c(cc1C3(C)C)-c1cc(-c3c(C)cccc3C)cc3cc(-c4c(C)cccc4C)cc-2c13. The van der Waals surface area contributed by atoms with Crippen molar-refractivity contribution in [2.24, 2.45) is 0 Å². The molecular weight excluding hydrogens is 805 g/mol. The number of benzene rings is 10. The van der Waals surface area contributed by atoms with Gasteiger partial charge in [-0.2, -0.15) is 0 Å². The summed E-state index contributed by atoms with van der Waals surface area (Å²) in [5.74, 6) is 0. The van der Waals surface area contributed by atoms with Gasteiger partial charge in [-0.25, -0.2) is 0 Å². The molecule has 10 aromatic rings. The number of fused-ring (bicyclic) bond motifs is 9. The Balaban J connectivity index is 1.07. The highest BCUT2D eigenvalue weighted by Gasteiger charge is 2.40. The highest BCUT2D eigenvalue weighted by molar-refractivity contribution is 6.21. The van der Waals surface area contributed by atoms with Gasteiger partial charge >= 0.3 is 0 Å². The number of hydrogen-bond acceptors (Lipinski definition) is 0. The predicted octanol–water partition coefficient (Wildman–Crippen LogP) is 18.7. The molecule has 0 aliphatic heterocycles. The molecule has 0 aromatic heterocycles. The zero-order valence-electron chi connectivity index (χ0n) is 40.4. The molecule has 0 unspecified atom stereocenters. The summed E-state index contributed by atoms with van der Waals surface area (Å²) in [5, 5.41) is 5.36. The number of aryl methyl sites for hydroxylation is 8. The monoisotopic (exact) mass is 858 g/mol. The molecule has 0 saturated carbocycles. The Bertz CT molecular complexity index is 3560. The highest BCUT2D eigenvalue weighted by Crippen LogP contribution is 2.60. The lowest BCUT2D eigenvalue weighted by molar-refractivity contribution is 0.661. The van der Waals surface area contributed by atoms with Crippen molar-refractivity contribution in [3.63, 3.8) is 0 Å². The van der Waals surface area contributed by atoms with E-state index in [0.29, 0.717) is 0 Å². The average Bonchev–Trinajstić information content (AvgIpc) is 3.85. The first kappa shape index (κ1) is 40.0. The zero-order valence-corrected chi connectivity index (χ0v) is 40.4. The molecule has 0 nitrogen and oxygen atoms in total. The van der Waals surface area contributed by atoms with Crippen LogP contribution in [0, 0.1) is 55.4 Å². The van der Waals surface area contributed by atoms with Gasteiger partial charge in [0.2, 0.25) is 0 Å². The van der Waals surface area contributed by atoms with Crippen LogP contribution < -0.4 is 0 Å². The van der Waals surface area contributed by atoms with Gasteiger partial charge in [0.25, 0.3) is 0 Å². The van der Waals surface area contributed by atoms with Crippen LogP contribution in [0.15, 0.2) is 146 Å². The van der Waals surface area contributed by atoms with Gasteiger partial charge < -0.3 is 0 Å². The third kappa shape index (κ3) is 5.54. The molecule has 0 amide bonds. The quantitative estimate of drug-likeness (QED) is 0.165. The molecule has 0 saturated heterocycles. The fourth-order valence-electron chi connectivity index (χ4n) is 13.3. The van der Waals surface area contributed by atoms with Crippen LogP contribution in [-0.2, 0) is 5.41 Å². The van der Waals surface area contributed by atoms with E-state index in [9.17, 15) is 0 Å². The van der Waals surface area contributed by atoms with Crippen LogP contribution in [0.1, 0.15) is 69.5 Å². The standard InChI is InChI=1S/C67H54/c1-35-15-11-16-36(2)61(35)45-23-43-25-47(63-39(5)19-13-20-40(63)6)29-57-51-33-59-53(31-49(51)55(27-45)65(43)57)54-32-50-52(34-60(54)67(59,9)10)58-30-48(64-41(7)21-14-22-42(64)8)26-44-24-46(28-56(50)66(44)58)62-37(3)17-12-18-38(62)4/h11-34H,1-10H3. The van der Waals surface area contributed by atoms with Gasteiger partial charge in [-0.3, -0.25) is 0 Å². The number of hydrogen-bond donors (Lipinski definition) is 0. The second-order valence-electron chi connectivity index (χ2n) is 20.9. The van der Waals surface area contributed by atoms with Crippen LogP contribution in [0.2, 0.25) is 0 Å². The summed E-state index contributed by atoms with van der Waals surface area (Å²) in [5.41, 5.74) is 37.2. The second kappa shape index (κ2) is 13.9. The van der Waals surface area contributed by atoms with E-state index in [2.05, 4.69) is 215 Å². The summed E-state index contributed by atoms with van der Waals surface area (Å²) in [4.78, 5) is 0. The van der Waals surface area contributed by atoms with Crippen molar-refractivity contribution in [3.05, 3.63) is 201 Å². The van der Waals surface area contributed by atoms with E-state index in [-0.39, 0.29) is 5.41 Å². The van der Waals surface area contributed by atoms with Gasteiger partial charge in [0, 0.05) is 5.41 Å². The Morgan fingerprint density at radius 2 is 0.493 bits per heavy atom. The first-order valence-electron chi connectivity index (χ1n) is 24.2. The number of rotatable bonds is 4. The van der Waals surface area contributed by atoms with Crippen LogP contribution >= 0.6 is 0 Å². The Kier molecular flexibility index (Phi) is 8.29. The molecule has 3 aliphatic carbocycles. The molecule has 322 valence electrons. The topological polar surface area (TPSA) is 0 Å². The molecule has 13 rings (SSSR count). The van der Waals surface area contributed by atoms with Crippen molar-refractivity contribution in [2.75, 3.05) is 0 Å². The van der Waals surface area contributed by atoms with E-state index in [1.54, 1.807) is 0 Å². The summed E-state index contributed by atoms with van der Waals surface area (Å²) in [6, 6.07) is 57.0. The first-order chi connectivity index (χ1) is 32.3. The minimum absolute atomic E-state index is 0.211. The van der Waals surface area contributed by atoms with Crippen LogP contribution in [-0.4, -0.2) is 0 Å². The maximum atomic E-state index is 2.59. The highest BCUT2D eigenvalue weighted by atomic mass is 14.4. The maximum Gasteiger partial charge on any atom is 0.0159 e. The Labute approximate surface area is 395 Å². The summed E-state index contributed by atoms with van der Waals surface area (Å²) in [6.45, 7) is 23.0. The maximum absolute atomic E-state index is 2.59. The van der Waals surface area contributed by atoms with Crippen molar-refractivity contribution in [2.45, 2.75) is 74.7 Å². The minimum Gasteiger partial charge on any atom is -0.0617 e. The zero-order chi connectivity index (χ0) is 45.9. The van der Waals surface area contributed by atoms with Crippen molar-refractivity contribution < 1.29 is 0 Å². The largest absolute Gasteiger partial charge is 0.0617 e. The van der Waals surface area contributed by atoms with Crippen LogP contribution in [0.5, 0.6) is 0 Å². The minimum atomic E-state index is -0.211. The Hall–Kier alpha value is -7.28. The predicted molar refractivity (Wildman–Crippen MR) is 288 cm³/mol. The lowest BCUT2D eigenvalue weighted by atomic mass is 9.80. The second-order valence-corrected chi connectivity index (χ2v) is 20.9. The Morgan fingerprint density at radius 1 is 0.254 bits per heavy atom. The van der Waals surface area contributed by atoms with E-state index in [1.807, 2.05) is 0 Å². The van der Waals surface area contributed by atoms with Crippen molar-refractivity contribution in [1.82, 2.24) is 0 Å². The molecule has 0 spiro atoms. The summed E-state index contributed by atoms with van der Waals surface area (Å²) in [6.07, 6.45) is 0. The Morgan fingerprint density at radius 3 is 0.746 bits per heavy atom. The molecule has 10 aromatic carbocycles. The molecule has 0 atom stereocenters. The normalized spacial score (nSPS) is 13.3. The lowest BCUT2D eigenvalue weighted by Crippen LogP contribution is -2.15. The molecule has 0 radical (unpaired) electrons. The first-order valence-corrected chi connectivity index (χ1v) is 24.2.